The molecule has 0 saturated heterocycles. The lowest BCUT2D eigenvalue weighted by Gasteiger charge is -2.02. The number of alkyl halides is 1. The zero-order chi connectivity index (χ0) is 23.6. The summed E-state index contributed by atoms with van der Waals surface area (Å²) in [6.45, 7) is 8.03. The molecular weight excluding hydrogens is 512 g/mol. The summed E-state index contributed by atoms with van der Waals surface area (Å²) in [6, 6.07) is 12.0. The Morgan fingerprint density at radius 3 is 2.22 bits per heavy atom. The maximum Gasteiger partial charge on any atom is 0.267 e. The number of aromatic nitrogens is 3. The van der Waals surface area contributed by atoms with Crippen LogP contribution in [-0.2, 0) is 10.0 Å². The van der Waals surface area contributed by atoms with Gasteiger partial charge in [0, 0.05) is 11.1 Å². The number of imidazole rings is 1. The van der Waals surface area contributed by atoms with Gasteiger partial charge in [-0.15, -0.1) is 5.10 Å². The van der Waals surface area contributed by atoms with E-state index in [2.05, 4.69) is 32.1 Å². The van der Waals surface area contributed by atoms with Crippen LogP contribution in [0.15, 0.2) is 46.9 Å². The van der Waals surface area contributed by atoms with E-state index >= 15 is 0 Å². The molecule has 32 heavy (non-hydrogen) atoms. The average Bonchev–Trinajstić information content (AvgIpc) is 3.27. The van der Waals surface area contributed by atoms with Crippen LogP contribution in [0.4, 0.5) is 0 Å². The number of halogens is 1. The number of ketones is 1. The molecule has 4 aromatic rings. The molecule has 2 heterocycles. The Kier molecular flexibility index (Phi) is 7.29. The zero-order valence-corrected chi connectivity index (χ0v) is 21.3. The Morgan fingerprint density at radius 1 is 1.06 bits per heavy atom. The molecule has 10 heteroatoms. The van der Waals surface area contributed by atoms with Crippen LogP contribution < -0.4 is 5.14 Å². The first-order chi connectivity index (χ1) is 15.0. The summed E-state index contributed by atoms with van der Waals surface area (Å²) in [4.78, 5) is 16.2. The summed E-state index contributed by atoms with van der Waals surface area (Å²) in [7, 11) is -3.78. The van der Waals surface area contributed by atoms with Gasteiger partial charge in [0.2, 0.25) is 9.30 Å². The van der Waals surface area contributed by atoms with Crippen LogP contribution >= 0.6 is 27.3 Å². The maximum atomic E-state index is 11.3. The molecule has 7 nitrogen and oxygen atoms in total. The van der Waals surface area contributed by atoms with Crippen molar-refractivity contribution in [2.75, 3.05) is 5.33 Å². The second kappa shape index (κ2) is 9.62. The molecule has 2 aromatic carbocycles. The highest BCUT2D eigenvalue weighted by Gasteiger charge is 2.17. The SMILES string of the molecule is Cc1ccc(-c2cn3nc(S(N)(=O)=O)sc3n2)c(C)c1.Cc1ccc(C(=O)CBr)c(C)c1. The van der Waals surface area contributed by atoms with E-state index in [1.807, 2.05) is 58.0 Å². The van der Waals surface area contributed by atoms with E-state index in [4.69, 9.17) is 5.14 Å². The van der Waals surface area contributed by atoms with Crippen molar-refractivity contribution >= 4 is 48.0 Å². The summed E-state index contributed by atoms with van der Waals surface area (Å²) in [5, 5.41) is 9.39. The van der Waals surface area contributed by atoms with Crippen molar-refractivity contribution in [1.29, 1.82) is 0 Å². The van der Waals surface area contributed by atoms with Crippen molar-refractivity contribution in [3.63, 3.8) is 0 Å². The Hall–Kier alpha value is -2.40. The minimum Gasteiger partial charge on any atom is -0.293 e. The number of rotatable bonds is 4. The van der Waals surface area contributed by atoms with Crippen molar-refractivity contribution in [3.05, 3.63) is 70.4 Å². The van der Waals surface area contributed by atoms with E-state index in [-0.39, 0.29) is 10.1 Å². The lowest BCUT2D eigenvalue weighted by atomic mass is 10.0. The highest BCUT2D eigenvalue weighted by Crippen LogP contribution is 2.26. The first kappa shape index (κ1) is 24.2. The Labute approximate surface area is 199 Å². The van der Waals surface area contributed by atoms with E-state index in [0.717, 1.165) is 39.3 Å². The fourth-order valence-corrected chi connectivity index (χ4v) is 5.03. The summed E-state index contributed by atoms with van der Waals surface area (Å²) in [5.41, 5.74) is 7.13. The van der Waals surface area contributed by atoms with Crippen LogP contribution in [0.5, 0.6) is 0 Å². The topological polar surface area (TPSA) is 107 Å². The minimum atomic E-state index is -3.78. The van der Waals surface area contributed by atoms with Crippen molar-refractivity contribution in [2.24, 2.45) is 5.14 Å². The van der Waals surface area contributed by atoms with E-state index in [9.17, 15) is 13.2 Å². The fraction of sp³-hybridized carbons (Fsp3) is 0.227. The summed E-state index contributed by atoms with van der Waals surface area (Å²) in [6.07, 6.45) is 1.71. The van der Waals surface area contributed by atoms with E-state index in [1.54, 1.807) is 6.20 Å². The number of hydrogen-bond acceptors (Lipinski definition) is 6. The van der Waals surface area contributed by atoms with E-state index < -0.39 is 10.0 Å². The van der Waals surface area contributed by atoms with Gasteiger partial charge in [-0.05, 0) is 38.8 Å². The molecule has 0 atom stereocenters. The molecule has 0 unspecified atom stereocenters. The number of benzene rings is 2. The Balaban J connectivity index is 0.000000207. The van der Waals surface area contributed by atoms with Gasteiger partial charge in [-0.1, -0.05) is 74.8 Å². The minimum absolute atomic E-state index is 0.132. The van der Waals surface area contributed by atoms with E-state index in [1.165, 1.54) is 15.6 Å². The first-order valence-electron chi connectivity index (χ1n) is 9.62. The number of sulfonamides is 1. The third-order valence-electron chi connectivity index (χ3n) is 4.73. The predicted octanol–water partition coefficient (Wildman–Crippen LogP) is 4.60. The summed E-state index contributed by atoms with van der Waals surface area (Å²) >= 11 is 4.11. The number of primary sulfonamides is 1. The highest BCUT2D eigenvalue weighted by atomic mass is 79.9. The van der Waals surface area contributed by atoms with Crippen LogP contribution in [-0.4, -0.2) is 34.1 Å². The van der Waals surface area contributed by atoms with Crippen molar-refractivity contribution in [1.82, 2.24) is 14.6 Å². The normalized spacial score (nSPS) is 11.3. The molecule has 0 aliphatic heterocycles. The van der Waals surface area contributed by atoms with Gasteiger partial charge in [0.25, 0.3) is 10.0 Å². The summed E-state index contributed by atoms with van der Waals surface area (Å²) < 4.78 is 23.8. The second-order valence-electron chi connectivity index (χ2n) is 7.46. The van der Waals surface area contributed by atoms with Gasteiger partial charge in [-0.25, -0.2) is 23.1 Å². The van der Waals surface area contributed by atoms with E-state index in [0.29, 0.717) is 10.3 Å². The van der Waals surface area contributed by atoms with Gasteiger partial charge in [-0.3, -0.25) is 4.79 Å². The quantitative estimate of drug-likeness (QED) is 0.304. The first-order valence-corrected chi connectivity index (χ1v) is 13.1. The Morgan fingerprint density at radius 2 is 1.69 bits per heavy atom. The smallest absolute Gasteiger partial charge is 0.267 e. The molecule has 2 aromatic heterocycles. The Bertz CT molecular complexity index is 1380. The van der Waals surface area contributed by atoms with Crippen molar-refractivity contribution in [3.8, 4) is 11.3 Å². The molecule has 0 saturated carbocycles. The molecule has 0 aliphatic rings. The van der Waals surface area contributed by atoms with Crippen LogP contribution in [0.1, 0.15) is 32.6 Å². The molecule has 0 fully saturated rings. The number of carbonyl (C=O) groups is 1. The van der Waals surface area contributed by atoms with Crippen LogP contribution in [0, 0.1) is 27.7 Å². The third kappa shape index (κ3) is 5.50. The van der Waals surface area contributed by atoms with Gasteiger partial charge in [0.1, 0.15) is 0 Å². The average molecular weight is 535 g/mol. The molecule has 0 radical (unpaired) electrons. The summed E-state index contributed by atoms with van der Waals surface area (Å²) in [5.74, 6) is 0.146. The predicted molar refractivity (Wildman–Crippen MR) is 131 cm³/mol. The van der Waals surface area contributed by atoms with Crippen molar-refractivity contribution in [2.45, 2.75) is 32.0 Å². The van der Waals surface area contributed by atoms with Gasteiger partial charge in [0.15, 0.2) is 5.78 Å². The number of aryl methyl sites for hydroxylation is 4. The molecule has 0 amide bonds. The zero-order valence-electron chi connectivity index (χ0n) is 18.1. The molecule has 2 N–H and O–H groups in total. The standard InChI is InChI=1S/C12H12N4O2S2.C10H11BrO/c1-7-3-4-9(8(2)5-7)10-6-16-11(14-10)19-12(15-16)20(13,17)18;1-7-3-4-9(8(2)5-7)10(12)6-11/h3-6H,1-2H3,(H2,13,17,18);3-5H,6H2,1-2H3. The third-order valence-corrected chi connectivity index (χ3v) is 7.47. The van der Waals surface area contributed by atoms with Gasteiger partial charge in [0.05, 0.1) is 17.2 Å². The lowest BCUT2D eigenvalue weighted by molar-refractivity contribution is 0.102. The lowest BCUT2D eigenvalue weighted by Crippen LogP contribution is -2.12. The number of nitrogens with two attached hydrogens (primary N) is 1. The molecule has 0 aliphatic carbocycles. The fourth-order valence-electron chi connectivity index (χ4n) is 3.23. The largest absolute Gasteiger partial charge is 0.293 e. The van der Waals surface area contributed by atoms with Crippen LogP contribution in [0.2, 0.25) is 0 Å². The molecular formula is C22H23BrN4O3S2. The highest BCUT2D eigenvalue weighted by molar-refractivity contribution is 9.09. The monoisotopic (exact) mass is 534 g/mol. The number of carbonyl (C=O) groups excluding carboxylic acids is 1. The maximum absolute atomic E-state index is 11.3. The molecule has 168 valence electrons. The van der Waals surface area contributed by atoms with Crippen LogP contribution in [0.25, 0.3) is 16.2 Å². The van der Waals surface area contributed by atoms with Crippen molar-refractivity contribution < 1.29 is 13.2 Å². The van der Waals surface area contributed by atoms with Gasteiger partial charge < -0.3 is 0 Å². The van der Waals surface area contributed by atoms with Crippen LogP contribution in [0.3, 0.4) is 0 Å². The van der Waals surface area contributed by atoms with Gasteiger partial charge >= 0.3 is 0 Å². The number of nitrogens with zero attached hydrogens (tertiary/aromatic N) is 3. The number of fused-ring (bicyclic) bond motifs is 1. The van der Waals surface area contributed by atoms with Gasteiger partial charge in [-0.2, -0.15) is 0 Å². The molecule has 0 spiro atoms. The molecule has 0 bridgehead atoms. The molecule has 4 rings (SSSR count). The number of hydrogen-bond donors (Lipinski definition) is 1. The number of Topliss-reactive ketones (excluding diaryl/α,β-unsaturated/α-hetero) is 1. The second-order valence-corrected chi connectivity index (χ2v) is 10.7.